The third-order valence-electron chi connectivity index (χ3n) is 6.74. The first-order chi connectivity index (χ1) is 16.0. The number of aryl methyl sites for hydroxylation is 2. The van der Waals surface area contributed by atoms with Crippen LogP contribution in [0.2, 0.25) is 0 Å². The van der Waals surface area contributed by atoms with Crippen molar-refractivity contribution in [3.8, 4) is 0 Å². The van der Waals surface area contributed by atoms with E-state index < -0.39 is 16.0 Å². The number of anilines is 1. The molecule has 0 saturated carbocycles. The second-order valence-electron chi connectivity index (χ2n) is 9.28. The summed E-state index contributed by atoms with van der Waals surface area (Å²) in [5.41, 5.74) is 4.67. The van der Waals surface area contributed by atoms with Gasteiger partial charge in [-0.25, -0.2) is 8.42 Å². The Labute approximate surface area is 203 Å². The van der Waals surface area contributed by atoms with Crippen LogP contribution in [0.25, 0.3) is 10.8 Å². The van der Waals surface area contributed by atoms with Gasteiger partial charge in [-0.2, -0.15) is 0 Å². The molecule has 2 N–H and O–H groups in total. The van der Waals surface area contributed by atoms with Crippen molar-refractivity contribution in [2.45, 2.75) is 77.5 Å². The molecule has 0 aliphatic heterocycles. The van der Waals surface area contributed by atoms with Gasteiger partial charge in [-0.05, 0) is 79.3 Å². The largest absolute Gasteiger partial charge is 0.481 e. The molecule has 0 saturated heterocycles. The van der Waals surface area contributed by atoms with Gasteiger partial charge in [0.25, 0.3) is 10.0 Å². The SMILES string of the molecule is CCCCCC(CC(=O)O)c1cc(NS(=O)(=O)c2c(C)c(C)cc(C)c2C)c2ccccc2c1. The molecule has 0 bridgehead atoms. The van der Waals surface area contributed by atoms with Crippen molar-refractivity contribution < 1.29 is 18.3 Å². The van der Waals surface area contributed by atoms with Crippen molar-refractivity contribution in [2.75, 3.05) is 4.72 Å². The van der Waals surface area contributed by atoms with E-state index in [0.717, 1.165) is 64.3 Å². The van der Waals surface area contributed by atoms with Gasteiger partial charge in [0.05, 0.1) is 17.0 Å². The van der Waals surface area contributed by atoms with Gasteiger partial charge in [0.15, 0.2) is 0 Å². The molecule has 0 amide bonds. The molecule has 0 heterocycles. The molecule has 3 aromatic rings. The van der Waals surface area contributed by atoms with E-state index in [2.05, 4.69) is 11.6 Å². The molecule has 3 rings (SSSR count). The molecule has 0 spiro atoms. The van der Waals surface area contributed by atoms with Gasteiger partial charge >= 0.3 is 5.97 Å². The molecule has 6 heteroatoms. The Balaban J connectivity index is 2.13. The third kappa shape index (κ3) is 5.61. The van der Waals surface area contributed by atoms with Crippen molar-refractivity contribution in [3.63, 3.8) is 0 Å². The lowest BCUT2D eigenvalue weighted by molar-refractivity contribution is -0.137. The van der Waals surface area contributed by atoms with Crippen molar-refractivity contribution in [1.29, 1.82) is 0 Å². The summed E-state index contributed by atoms with van der Waals surface area (Å²) in [6.07, 6.45) is 3.79. The Morgan fingerprint density at radius 1 is 0.971 bits per heavy atom. The van der Waals surface area contributed by atoms with E-state index in [9.17, 15) is 18.3 Å². The van der Waals surface area contributed by atoms with Gasteiger partial charge in [0.2, 0.25) is 0 Å². The van der Waals surface area contributed by atoms with Crippen LogP contribution in [0.4, 0.5) is 5.69 Å². The summed E-state index contributed by atoms with van der Waals surface area (Å²) in [6.45, 7) is 9.63. The number of nitrogens with one attached hydrogen (secondary N) is 1. The van der Waals surface area contributed by atoms with Crippen LogP contribution in [0.5, 0.6) is 0 Å². The maximum absolute atomic E-state index is 13.7. The summed E-state index contributed by atoms with van der Waals surface area (Å²) in [4.78, 5) is 11.9. The highest BCUT2D eigenvalue weighted by Crippen LogP contribution is 2.35. The van der Waals surface area contributed by atoms with E-state index >= 15 is 0 Å². The predicted octanol–water partition coefficient (Wildman–Crippen LogP) is 7.01. The molecule has 0 radical (unpaired) electrons. The van der Waals surface area contributed by atoms with Crippen molar-refractivity contribution in [2.24, 2.45) is 0 Å². The number of sulfonamides is 1. The highest BCUT2D eigenvalue weighted by atomic mass is 32.2. The van der Waals surface area contributed by atoms with Crippen LogP contribution in [0.15, 0.2) is 47.4 Å². The first kappa shape index (κ1) is 25.8. The minimum absolute atomic E-state index is 0.0174. The number of hydrogen-bond donors (Lipinski definition) is 2. The summed E-state index contributed by atoms with van der Waals surface area (Å²) in [5, 5.41) is 11.2. The van der Waals surface area contributed by atoms with Crippen LogP contribution in [0, 0.1) is 27.7 Å². The summed E-state index contributed by atoms with van der Waals surface area (Å²) >= 11 is 0. The molecule has 34 heavy (non-hydrogen) atoms. The van der Waals surface area contributed by atoms with Gasteiger partial charge in [0, 0.05) is 5.39 Å². The van der Waals surface area contributed by atoms with Crippen molar-refractivity contribution in [3.05, 3.63) is 70.3 Å². The van der Waals surface area contributed by atoms with Crippen molar-refractivity contribution >= 4 is 32.5 Å². The first-order valence-corrected chi connectivity index (χ1v) is 13.4. The lowest BCUT2D eigenvalue weighted by Gasteiger charge is -2.20. The zero-order chi connectivity index (χ0) is 25.0. The lowest BCUT2D eigenvalue weighted by atomic mass is 9.88. The standard InChI is InChI=1S/C28H35NO4S/c1-6-7-8-11-22(17-27(30)31)24-15-23-12-9-10-13-25(23)26(16-24)29-34(32,33)28-20(4)18(2)14-19(3)21(28)5/h9-10,12-16,22,29H,6-8,11,17H2,1-5H3,(H,30,31). The third-order valence-corrected chi connectivity index (χ3v) is 8.38. The van der Waals surface area contributed by atoms with Crippen LogP contribution in [0.3, 0.4) is 0 Å². The van der Waals surface area contributed by atoms with E-state index in [0.29, 0.717) is 10.6 Å². The maximum Gasteiger partial charge on any atom is 0.303 e. The predicted molar refractivity (Wildman–Crippen MR) is 139 cm³/mol. The molecular formula is C28H35NO4S. The first-order valence-electron chi connectivity index (χ1n) is 11.9. The smallest absolute Gasteiger partial charge is 0.303 e. The van der Waals surface area contributed by atoms with Crippen LogP contribution in [0.1, 0.15) is 72.8 Å². The maximum atomic E-state index is 13.7. The number of carboxylic acids is 1. The Morgan fingerprint density at radius 2 is 1.62 bits per heavy atom. The Hall–Kier alpha value is -2.86. The zero-order valence-corrected chi connectivity index (χ0v) is 21.6. The molecule has 3 aromatic carbocycles. The zero-order valence-electron chi connectivity index (χ0n) is 20.7. The quantitative estimate of drug-likeness (QED) is 0.305. The van der Waals surface area contributed by atoms with E-state index in [-0.39, 0.29) is 12.3 Å². The fourth-order valence-electron chi connectivity index (χ4n) is 4.67. The molecule has 5 nitrogen and oxygen atoms in total. The highest BCUT2D eigenvalue weighted by molar-refractivity contribution is 7.92. The monoisotopic (exact) mass is 481 g/mol. The summed E-state index contributed by atoms with van der Waals surface area (Å²) in [5.74, 6) is -1.03. The lowest BCUT2D eigenvalue weighted by Crippen LogP contribution is -2.17. The number of aliphatic carboxylic acids is 1. The molecule has 0 aliphatic rings. The number of rotatable bonds is 10. The molecule has 0 aromatic heterocycles. The fourth-order valence-corrected chi connectivity index (χ4v) is 6.36. The number of benzene rings is 3. The molecule has 0 fully saturated rings. The molecule has 0 aliphatic carbocycles. The number of unbranched alkanes of at least 4 members (excludes halogenated alkanes) is 2. The summed E-state index contributed by atoms with van der Waals surface area (Å²) in [6, 6.07) is 13.4. The normalized spacial score (nSPS) is 12.6. The Kier molecular flexibility index (Phi) is 8.03. The number of carboxylic acid groups (broad SMARTS) is 1. The molecule has 1 atom stereocenters. The van der Waals surface area contributed by atoms with Crippen molar-refractivity contribution in [1.82, 2.24) is 0 Å². The van der Waals surface area contributed by atoms with Gasteiger partial charge < -0.3 is 5.11 Å². The van der Waals surface area contributed by atoms with Crippen LogP contribution in [-0.2, 0) is 14.8 Å². The molecule has 1 unspecified atom stereocenters. The van der Waals surface area contributed by atoms with Crippen LogP contribution < -0.4 is 4.72 Å². The fraction of sp³-hybridized carbons (Fsp3) is 0.393. The number of fused-ring (bicyclic) bond motifs is 1. The van der Waals surface area contributed by atoms with E-state index in [1.807, 2.05) is 70.2 Å². The van der Waals surface area contributed by atoms with Gasteiger partial charge in [-0.1, -0.05) is 62.6 Å². The summed E-state index contributed by atoms with van der Waals surface area (Å²) < 4.78 is 30.2. The average Bonchev–Trinajstić information content (AvgIpc) is 2.76. The van der Waals surface area contributed by atoms with Gasteiger partial charge in [0.1, 0.15) is 0 Å². The summed E-state index contributed by atoms with van der Waals surface area (Å²) in [7, 11) is -3.86. The topological polar surface area (TPSA) is 83.5 Å². The second kappa shape index (κ2) is 10.6. The number of hydrogen-bond acceptors (Lipinski definition) is 3. The molecular weight excluding hydrogens is 446 g/mol. The van der Waals surface area contributed by atoms with E-state index in [4.69, 9.17) is 0 Å². The highest BCUT2D eigenvalue weighted by Gasteiger charge is 2.24. The minimum Gasteiger partial charge on any atom is -0.481 e. The Morgan fingerprint density at radius 3 is 2.24 bits per heavy atom. The minimum atomic E-state index is -3.86. The average molecular weight is 482 g/mol. The van der Waals surface area contributed by atoms with E-state index in [1.54, 1.807) is 0 Å². The Bertz CT molecular complexity index is 1290. The second-order valence-corrected chi connectivity index (χ2v) is 10.9. The number of carbonyl (C=O) groups is 1. The van der Waals surface area contributed by atoms with Gasteiger partial charge in [-0.3, -0.25) is 9.52 Å². The van der Waals surface area contributed by atoms with Crippen LogP contribution >= 0.6 is 0 Å². The van der Waals surface area contributed by atoms with E-state index in [1.165, 1.54) is 0 Å². The molecule has 182 valence electrons. The van der Waals surface area contributed by atoms with Gasteiger partial charge in [-0.15, -0.1) is 0 Å². The van der Waals surface area contributed by atoms with Crippen LogP contribution in [-0.4, -0.2) is 19.5 Å².